The fraction of sp³-hybridized carbons (Fsp3) is 0.824. The summed E-state index contributed by atoms with van der Waals surface area (Å²) in [5, 5.41) is 0. The molecule has 0 rings (SSSR count). The molecule has 0 saturated carbocycles. The first-order valence-corrected chi connectivity index (χ1v) is 35.3. The highest BCUT2D eigenvalue weighted by atomic mass is 16.6. The summed E-state index contributed by atoms with van der Waals surface area (Å²) < 4.78 is 17.0. The predicted molar refractivity (Wildman–Crippen MR) is 348 cm³/mol. The maximum Gasteiger partial charge on any atom is 0.306 e. The van der Waals surface area contributed by atoms with Crippen molar-refractivity contribution in [2.75, 3.05) is 13.2 Å². The second-order valence-electron chi connectivity index (χ2n) is 23.8. The van der Waals surface area contributed by atoms with E-state index in [-0.39, 0.29) is 31.1 Å². The second kappa shape index (κ2) is 68.6. The smallest absolute Gasteiger partial charge is 0.306 e. The van der Waals surface area contributed by atoms with Crippen LogP contribution in [0.3, 0.4) is 0 Å². The number of esters is 3. The van der Waals surface area contributed by atoms with Gasteiger partial charge in [0.1, 0.15) is 13.2 Å². The first kappa shape index (κ1) is 77.1. The molecule has 0 N–H and O–H groups in total. The summed E-state index contributed by atoms with van der Waals surface area (Å²) in [6.45, 7) is 6.59. The third-order valence-corrected chi connectivity index (χ3v) is 15.8. The Balaban J connectivity index is 4.20. The van der Waals surface area contributed by atoms with Crippen molar-refractivity contribution >= 4 is 17.9 Å². The zero-order valence-electron chi connectivity index (χ0n) is 53.6. The molecule has 0 amide bonds. The van der Waals surface area contributed by atoms with E-state index in [1.54, 1.807) is 0 Å². The Morgan fingerprint density at radius 2 is 0.487 bits per heavy atom. The lowest BCUT2D eigenvalue weighted by atomic mass is 10.0. The monoisotopic (exact) mass is 1120 g/mol. The van der Waals surface area contributed by atoms with E-state index in [2.05, 4.69) is 81.5 Å². The molecule has 6 heteroatoms. The lowest BCUT2D eigenvalue weighted by Gasteiger charge is -2.18. The third kappa shape index (κ3) is 65.9. The van der Waals surface area contributed by atoms with Crippen LogP contribution in [-0.2, 0) is 28.6 Å². The SMILES string of the molecule is CC/C=C\C/C=C\C/C=C\C/C=C\C/C=C\CCCCCCCCCCCCCCCC(=O)OCC(COC(=O)CCCCCCCCCCCCCC)OC(=O)CCCCCCCCCCCCCCCCCCCCCCC. The predicted octanol–water partition coefficient (Wildman–Crippen LogP) is 24.3. The highest BCUT2D eigenvalue weighted by Gasteiger charge is 2.19. The minimum atomic E-state index is -0.771. The Morgan fingerprint density at radius 3 is 0.762 bits per heavy atom. The summed E-state index contributed by atoms with van der Waals surface area (Å²) in [6, 6.07) is 0. The number of carbonyl (C=O) groups is 3. The fourth-order valence-corrected chi connectivity index (χ4v) is 10.5. The van der Waals surface area contributed by atoms with E-state index in [0.29, 0.717) is 19.3 Å². The second-order valence-corrected chi connectivity index (χ2v) is 23.8. The molecule has 6 nitrogen and oxygen atoms in total. The van der Waals surface area contributed by atoms with E-state index >= 15 is 0 Å². The molecule has 0 aliphatic heterocycles. The number of unbranched alkanes of at least 4 members (excludes halogenated alkanes) is 44. The van der Waals surface area contributed by atoms with Crippen molar-refractivity contribution < 1.29 is 28.6 Å². The molecule has 0 fully saturated rings. The minimum Gasteiger partial charge on any atom is -0.462 e. The lowest BCUT2D eigenvalue weighted by molar-refractivity contribution is -0.167. The number of ether oxygens (including phenoxy) is 3. The summed E-state index contributed by atoms with van der Waals surface area (Å²) in [6.07, 6.45) is 88.2. The summed E-state index contributed by atoms with van der Waals surface area (Å²) in [5.74, 6) is -0.842. The molecule has 0 radical (unpaired) electrons. The number of hydrogen-bond donors (Lipinski definition) is 0. The Kier molecular flexibility index (Phi) is 66.1. The highest BCUT2D eigenvalue weighted by molar-refractivity contribution is 5.71. The van der Waals surface area contributed by atoms with Gasteiger partial charge in [-0.25, -0.2) is 0 Å². The molecule has 0 aliphatic carbocycles. The van der Waals surface area contributed by atoms with Gasteiger partial charge in [0.2, 0.25) is 0 Å². The molecular weight excluding hydrogens is 985 g/mol. The molecule has 0 aromatic heterocycles. The molecule has 466 valence electrons. The molecule has 0 heterocycles. The highest BCUT2D eigenvalue weighted by Crippen LogP contribution is 2.18. The minimum absolute atomic E-state index is 0.0676. The van der Waals surface area contributed by atoms with Crippen molar-refractivity contribution in [3.8, 4) is 0 Å². The lowest BCUT2D eigenvalue weighted by Crippen LogP contribution is -2.30. The van der Waals surface area contributed by atoms with Gasteiger partial charge < -0.3 is 14.2 Å². The zero-order chi connectivity index (χ0) is 57.8. The van der Waals surface area contributed by atoms with Crippen LogP contribution in [0, 0.1) is 0 Å². The standard InChI is InChI=1S/C74H134O6/c1-4-7-10-13-16-19-22-25-27-29-31-33-34-35-36-37-38-39-40-42-43-45-47-49-52-55-58-61-64-67-73(76)79-70-71(69-78-72(75)66-63-60-57-54-51-24-21-18-15-12-9-6-3)80-74(77)68-65-62-59-56-53-50-48-46-44-41-32-30-28-26-23-20-17-14-11-8-5-2/h7,10,16,19,25,27,31,33,35-36,71H,4-6,8-9,11-15,17-18,20-24,26,28-30,32,34,37-70H2,1-3H3/b10-7-,19-16-,27-25-,33-31-,36-35-. The van der Waals surface area contributed by atoms with Crippen LogP contribution in [0.5, 0.6) is 0 Å². The van der Waals surface area contributed by atoms with E-state index in [0.717, 1.165) is 89.9 Å². The van der Waals surface area contributed by atoms with Gasteiger partial charge in [-0.2, -0.15) is 0 Å². The number of carbonyl (C=O) groups excluding carboxylic acids is 3. The van der Waals surface area contributed by atoms with Crippen molar-refractivity contribution in [1.29, 1.82) is 0 Å². The van der Waals surface area contributed by atoms with E-state index in [1.807, 2.05) is 0 Å². The van der Waals surface area contributed by atoms with Gasteiger partial charge in [0.05, 0.1) is 0 Å². The molecule has 0 aromatic carbocycles. The van der Waals surface area contributed by atoms with Gasteiger partial charge in [0.25, 0.3) is 0 Å². The van der Waals surface area contributed by atoms with Crippen LogP contribution in [0.1, 0.15) is 374 Å². The molecule has 1 atom stereocenters. The fourth-order valence-electron chi connectivity index (χ4n) is 10.5. The Bertz CT molecular complexity index is 1430. The molecule has 0 spiro atoms. The third-order valence-electron chi connectivity index (χ3n) is 15.8. The molecule has 1 unspecified atom stereocenters. The van der Waals surface area contributed by atoms with Gasteiger partial charge in [0.15, 0.2) is 6.10 Å². The van der Waals surface area contributed by atoms with Crippen LogP contribution in [0.25, 0.3) is 0 Å². The van der Waals surface area contributed by atoms with Gasteiger partial charge in [0, 0.05) is 19.3 Å². The molecule has 0 aromatic rings. The average Bonchev–Trinajstić information content (AvgIpc) is 3.46. The normalized spacial score (nSPS) is 12.4. The maximum absolute atomic E-state index is 12.9. The number of allylic oxidation sites excluding steroid dienone is 10. The van der Waals surface area contributed by atoms with Gasteiger partial charge in [-0.15, -0.1) is 0 Å². The van der Waals surface area contributed by atoms with Crippen LogP contribution in [-0.4, -0.2) is 37.2 Å². The van der Waals surface area contributed by atoms with Crippen molar-refractivity contribution in [3.05, 3.63) is 60.8 Å². The topological polar surface area (TPSA) is 78.9 Å². The largest absolute Gasteiger partial charge is 0.462 e. The van der Waals surface area contributed by atoms with Crippen LogP contribution >= 0.6 is 0 Å². The van der Waals surface area contributed by atoms with E-state index in [1.165, 1.54) is 244 Å². The van der Waals surface area contributed by atoms with Gasteiger partial charge in [-0.1, -0.05) is 351 Å². The quantitative estimate of drug-likeness (QED) is 0.0261. The molecule has 0 aliphatic rings. The van der Waals surface area contributed by atoms with Crippen LogP contribution in [0.2, 0.25) is 0 Å². The summed E-state index contributed by atoms with van der Waals surface area (Å²) >= 11 is 0. The first-order chi connectivity index (χ1) is 39.5. The summed E-state index contributed by atoms with van der Waals surface area (Å²) in [4.78, 5) is 38.4. The van der Waals surface area contributed by atoms with Crippen molar-refractivity contribution in [3.63, 3.8) is 0 Å². The number of rotatable bonds is 65. The van der Waals surface area contributed by atoms with Crippen LogP contribution in [0.15, 0.2) is 60.8 Å². The van der Waals surface area contributed by atoms with Crippen molar-refractivity contribution in [2.45, 2.75) is 380 Å². The molecule has 0 bridgehead atoms. The van der Waals surface area contributed by atoms with Crippen molar-refractivity contribution in [1.82, 2.24) is 0 Å². The van der Waals surface area contributed by atoms with Gasteiger partial charge >= 0.3 is 17.9 Å². The van der Waals surface area contributed by atoms with E-state index in [9.17, 15) is 14.4 Å². The van der Waals surface area contributed by atoms with E-state index < -0.39 is 6.10 Å². The molecule has 80 heavy (non-hydrogen) atoms. The Morgan fingerprint density at radius 1 is 0.263 bits per heavy atom. The Hall–Kier alpha value is -2.89. The van der Waals surface area contributed by atoms with Gasteiger partial charge in [-0.3, -0.25) is 14.4 Å². The zero-order valence-corrected chi connectivity index (χ0v) is 53.6. The maximum atomic E-state index is 12.9. The van der Waals surface area contributed by atoms with Crippen molar-refractivity contribution in [2.24, 2.45) is 0 Å². The molecular formula is C74H134O6. The van der Waals surface area contributed by atoms with Crippen LogP contribution < -0.4 is 0 Å². The van der Waals surface area contributed by atoms with E-state index in [4.69, 9.17) is 14.2 Å². The molecule has 0 saturated heterocycles. The average molecular weight is 1120 g/mol. The van der Waals surface area contributed by atoms with Gasteiger partial charge in [-0.05, 0) is 64.2 Å². The first-order valence-electron chi connectivity index (χ1n) is 35.3. The summed E-state index contributed by atoms with van der Waals surface area (Å²) in [5.41, 5.74) is 0. The van der Waals surface area contributed by atoms with Crippen LogP contribution in [0.4, 0.5) is 0 Å². The number of hydrogen-bond acceptors (Lipinski definition) is 6. The Labute approximate surface area is 498 Å². The summed E-state index contributed by atoms with van der Waals surface area (Å²) in [7, 11) is 0.